The Kier molecular flexibility index (Phi) is 3.38. The van der Waals surface area contributed by atoms with Gasteiger partial charge in [0.15, 0.2) is 5.78 Å². The molecule has 4 heteroatoms. The molecule has 128 valence electrons. The second-order valence-corrected chi connectivity index (χ2v) is 7.03. The van der Waals surface area contributed by atoms with Crippen LogP contribution < -0.4 is 5.32 Å². The molecule has 4 nitrogen and oxygen atoms in total. The van der Waals surface area contributed by atoms with Gasteiger partial charge in [0, 0.05) is 40.7 Å². The zero-order chi connectivity index (χ0) is 17.7. The number of carbonyl (C=O) groups is 1. The zero-order valence-corrected chi connectivity index (χ0v) is 14.6. The molecule has 3 heterocycles. The van der Waals surface area contributed by atoms with Crippen LogP contribution in [0.5, 0.6) is 0 Å². The molecular formula is C22H19N3O. The van der Waals surface area contributed by atoms with Crippen LogP contribution in [-0.2, 0) is 4.79 Å². The van der Waals surface area contributed by atoms with Crippen LogP contribution in [0.2, 0.25) is 0 Å². The first kappa shape index (κ1) is 15.3. The van der Waals surface area contributed by atoms with Crippen molar-refractivity contribution in [1.29, 1.82) is 0 Å². The van der Waals surface area contributed by atoms with E-state index in [-0.39, 0.29) is 11.7 Å². The summed E-state index contributed by atoms with van der Waals surface area (Å²) in [5, 5.41) is 4.62. The first-order valence-electron chi connectivity index (χ1n) is 9.07. The number of carbonyl (C=O) groups excluding carboxylic acids is 1. The van der Waals surface area contributed by atoms with Crippen molar-refractivity contribution in [3.63, 3.8) is 0 Å². The molecule has 0 amide bonds. The van der Waals surface area contributed by atoms with Gasteiger partial charge in [-0.3, -0.25) is 14.8 Å². The van der Waals surface area contributed by atoms with E-state index in [2.05, 4.69) is 33.5 Å². The molecular weight excluding hydrogens is 322 g/mol. The molecule has 0 unspecified atom stereocenters. The molecule has 1 N–H and O–H groups in total. The van der Waals surface area contributed by atoms with Crippen molar-refractivity contribution in [3.05, 3.63) is 76.9 Å². The molecule has 0 saturated heterocycles. The topological polar surface area (TPSA) is 54.9 Å². The minimum absolute atomic E-state index is 0.136. The van der Waals surface area contributed by atoms with Crippen molar-refractivity contribution in [3.8, 4) is 0 Å². The normalized spacial score (nSPS) is 19.1. The van der Waals surface area contributed by atoms with Crippen LogP contribution >= 0.6 is 0 Å². The van der Waals surface area contributed by atoms with Crippen molar-refractivity contribution in [2.24, 2.45) is 0 Å². The van der Waals surface area contributed by atoms with Crippen LogP contribution in [0.4, 0.5) is 5.69 Å². The minimum Gasteiger partial charge on any atom is -0.358 e. The average Bonchev–Trinajstić information content (AvgIpc) is 2.67. The van der Waals surface area contributed by atoms with Gasteiger partial charge in [0.25, 0.3) is 0 Å². The molecule has 1 atom stereocenters. The van der Waals surface area contributed by atoms with Crippen LogP contribution in [0.15, 0.2) is 59.9 Å². The molecule has 0 bridgehead atoms. The van der Waals surface area contributed by atoms with Crippen LogP contribution in [0, 0.1) is 6.92 Å². The van der Waals surface area contributed by atoms with E-state index in [0.717, 1.165) is 57.7 Å². The highest BCUT2D eigenvalue weighted by Gasteiger charge is 2.36. The number of hydrogen-bond acceptors (Lipinski definition) is 4. The molecule has 5 rings (SSSR count). The maximum atomic E-state index is 12.9. The second kappa shape index (κ2) is 5.77. The number of aryl methyl sites for hydroxylation is 1. The van der Waals surface area contributed by atoms with Crippen LogP contribution in [0.25, 0.3) is 10.9 Å². The van der Waals surface area contributed by atoms with Gasteiger partial charge in [0.2, 0.25) is 0 Å². The number of fused-ring (bicyclic) bond motifs is 3. The van der Waals surface area contributed by atoms with E-state index in [9.17, 15) is 4.79 Å². The maximum Gasteiger partial charge on any atom is 0.161 e. The zero-order valence-electron chi connectivity index (χ0n) is 14.6. The number of hydrogen-bond donors (Lipinski definition) is 1. The van der Waals surface area contributed by atoms with E-state index >= 15 is 0 Å². The fraction of sp³-hybridized carbons (Fsp3) is 0.227. The lowest BCUT2D eigenvalue weighted by molar-refractivity contribution is -0.116. The van der Waals surface area contributed by atoms with Gasteiger partial charge in [-0.1, -0.05) is 12.1 Å². The Bertz CT molecular complexity index is 1070. The minimum atomic E-state index is -0.136. The number of benzene rings is 1. The highest BCUT2D eigenvalue weighted by Crippen LogP contribution is 2.47. The van der Waals surface area contributed by atoms with Crippen molar-refractivity contribution in [2.45, 2.75) is 32.1 Å². The number of rotatable bonds is 1. The molecule has 1 aliphatic heterocycles. The first-order valence-corrected chi connectivity index (χ1v) is 9.07. The molecule has 1 aromatic carbocycles. The summed E-state index contributed by atoms with van der Waals surface area (Å²) in [6.45, 7) is 2.00. The Morgan fingerprint density at radius 1 is 1.08 bits per heavy atom. The first-order chi connectivity index (χ1) is 12.7. The van der Waals surface area contributed by atoms with Crippen molar-refractivity contribution >= 4 is 22.4 Å². The summed E-state index contributed by atoms with van der Waals surface area (Å²) in [6.07, 6.45) is 4.23. The standard InChI is InChI=1S/C22H19N3O/c1-13-8-9-14-15(24-13)10-11-18-20(14)22(16-5-2-3-12-23-16)21-17(25-18)6-4-7-19(21)26/h2-3,5,8-12,22,25H,4,6-7H2,1H3/t22-/m0/s1. The number of nitrogens with zero attached hydrogens (tertiary/aromatic N) is 2. The lowest BCUT2D eigenvalue weighted by Gasteiger charge is -2.34. The molecule has 2 aliphatic rings. The third-order valence-electron chi connectivity index (χ3n) is 5.35. The third-order valence-corrected chi connectivity index (χ3v) is 5.35. The van der Waals surface area contributed by atoms with E-state index in [1.807, 2.05) is 31.2 Å². The number of allylic oxidation sites excluding steroid dienone is 2. The molecule has 2 aromatic heterocycles. The fourth-order valence-electron chi connectivity index (χ4n) is 4.23. The maximum absolute atomic E-state index is 12.9. The number of anilines is 1. The van der Waals surface area contributed by atoms with E-state index in [1.165, 1.54) is 0 Å². The summed E-state index contributed by atoms with van der Waals surface area (Å²) in [5.74, 6) is 0.0978. The van der Waals surface area contributed by atoms with E-state index in [1.54, 1.807) is 6.20 Å². The Balaban J connectivity index is 1.84. The molecule has 1 aliphatic carbocycles. The van der Waals surface area contributed by atoms with Gasteiger partial charge in [0.05, 0.1) is 17.1 Å². The summed E-state index contributed by atoms with van der Waals surface area (Å²) in [5.41, 5.74) is 6.99. The van der Waals surface area contributed by atoms with Gasteiger partial charge in [-0.2, -0.15) is 0 Å². The second-order valence-electron chi connectivity index (χ2n) is 7.03. The molecule has 0 spiro atoms. The van der Waals surface area contributed by atoms with Crippen molar-refractivity contribution in [2.75, 3.05) is 5.32 Å². The number of Topliss-reactive ketones (excluding diaryl/α,β-unsaturated/α-hetero) is 1. The largest absolute Gasteiger partial charge is 0.358 e. The number of aromatic nitrogens is 2. The quantitative estimate of drug-likeness (QED) is 0.708. The number of pyridine rings is 2. The van der Waals surface area contributed by atoms with Gasteiger partial charge in [0.1, 0.15) is 0 Å². The smallest absolute Gasteiger partial charge is 0.161 e. The average molecular weight is 341 g/mol. The SMILES string of the molecule is Cc1ccc2c3c(ccc2n1)NC1=C(C(=O)CCC1)[C@H]3c1ccccn1. The lowest BCUT2D eigenvalue weighted by Crippen LogP contribution is -2.27. The Morgan fingerprint density at radius 2 is 2.00 bits per heavy atom. The fourth-order valence-corrected chi connectivity index (χ4v) is 4.23. The summed E-state index contributed by atoms with van der Waals surface area (Å²) in [6, 6.07) is 14.2. The number of ketones is 1. The van der Waals surface area contributed by atoms with Gasteiger partial charge in [-0.05, 0) is 55.7 Å². The summed E-state index contributed by atoms with van der Waals surface area (Å²) in [7, 11) is 0. The Labute approximate surface area is 152 Å². The van der Waals surface area contributed by atoms with E-state index in [4.69, 9.17) is 0 Å². The molecule has 0 fully saturated rings. The van der Waals surface area contributed by atoms with E-state index < -0.39 is 0 Å². The molecule has 26 heavy (non-hydrogen) atoms. The number of nitrogens with one attached hydrogen (secondary N) is 1. The summed E-state index contributed by atoms with van der Waals surface area (Å²) >= 11 is 0. The predicted octanol–water partition coefficient (Wildman–Crippen LogP) is 4.50. The summed E-state index contributed by atoms with van der Waals surface area (Å²) < 4.78 is 0. The highest BCUT2D eigenvalue weighted by atomic mass is 16.1. The van der Waals surface area contributed by atoms with Gasteiger partial charge < -0.3 is 5.32 Å². The highest BCUT2D eigenvalue weighted by molar-refractivity contribution is 6.03. The summed E-state index contributed by atoms with van der Waals surface area (Å²) in [4.78, 5) is 22.2. The predicted molar refractivity (Wildman–Crippen MR) is 102 cm³/mol. The van der Waals surface area contributed by atoms with Crippen LogP contribution in [0.1, 0.15) is 42.1 Å². The molecule has 0 saturated carbocycles. The molecule has 3 aromatic rings. The monoisotopic (exact) mass is 341 g/mol. The lowest BCUT2D eigenvalue weighted by atomic mass is 9.76. The third kappa shape index (κ3) is 2.25. The van der Waals surface area contributed by atoms with Gasteiger partial charge in [-0.25, -0.2) is 0 Å². The van der Waals surface area contributed by atoms with Gasteiger partial charge >= 0.3 is 0 Å². The van der Waals surface area contributed by atoms with Crippen LogP contribution in [0.3, 0.4) is 0 Å². The van der Waals surface area contributed by atoms with Gasteiger partial charge in [-0.15, -0.1) is 0 Å². The van der Waals surface area contributed by atoms with Crippen LogP contribution in [-0.4, -0.2) is 15.8 Å². The Morgan fingerprint density at radius 3 is 2.85 bits per heavy atom. The Hall–Kier alpha value is -3.01. The van der Waals surface area contributed by atoms with Crippen molar-refractivity contribution in [1.82, 2.24) is 9.97 Å². The van der Waals surface area contributed by atoms with E-state index in [0.29, 0.717) is 6.42 Å². The molecule has 0 radical (unpaired) electrons. The van der Waals surface area contributed by atoms with Crippen molar-refractivity contribution < 1.29 is 4.79 Å².